The second kappa shape index (κ2) is 5.31. The Kier molecular flexibility index (Phi) is 3.96. The van der Waals surface area contributed by atoms with Gasteiger partial charge >= 0.3 is 0 Å². The summed E-state index contributed by atoms with van der Waals surface area (Å²) in [5.41, 5.74) is 1.74. The molecule has 1 saturated carbocycles. The quantitative estimate of drug-likeness (QED) is 0.878. The number of nitrogens with one attached hydrogen (secondary N) is 1. The number of hydrogen-bond acceptors (Lipinski definition) is 2. The van der Waals surface area contributed by atoms with Crippen LogP contribution in [0.2, 0.25) is 0 Å². The van der Waals surface area contributed by atoms with Crippen molar-refractivity contribution < 1.29 is 0 Å². The molecule has 0 aromatic heterocycles. The highest BCUT2D eigenvalue weighted by Gasteiger charge is 2.41. The van der Waals surface area contributed by atoms with Gasteiger partial charge in [-0.1, -0.05) is 32.0 Å². The largest absolute Gasteiger partial charge is 0.374 e. The van der Waals surface area contributed by atoms with Gasteiger partial charge in [0.2, 0.25) is 0 Å². The van der Waals surface area contributed by atoms with Gasteiger partial charge in [0.05, 0.1) is 0 Å². The van der Waals surface area contributed by atoms with E-state index in [4.69, 9.17) is 0 Å². The average Bonchev–Trinajstić information content (AvgIpc) is 2.65. The van der Waals surface area contributed by atoms with Crippen LogP contribution in [0.3, 0.4) is 0 Å². The van der Waals surface area contributed by atoms with Crippen LogP contribution in [-0.4, -0.2) is 26.7 Å². The van der Waals surface area contributed by atoms with Crippen molar-refractivity contribution in [2.24, 2.45) is 11.3 Å². The van der Waals surface area contributed by atoms with Crippen LogP contribution in [0.1, 0.15) is 26.7 Å². The highest BCUT2D eigenvalue weighted by atomic mass is 15.1. The Morgan fingerprint density at radius 2 is 1.94 bits per heavy atom. The minimum absolute atomic E-state index is 0.428. The summed E-state index contributed by atoms with van der Waals surface area (Å²) in [7, 11) is 4.31. The van der Waals surface area contributed by atoms with E-state index >= 15 is 0 Å². The van der Waals surface area contributed by atoms with Gasteiger partial charge in [0.15, 0.2) is 0 Å². The van der Waals surface area contributed by atoms with E-state index in [-0.39, 0.29) is 0 Å². The molecule has 0 bridgehead atoms. The van der Waals surface area contributed by atoms with Crippen molar-refractivity contribution in [1.29, 1.82) is 0 Å². The molecule has 0 aliphatic heterocycles. The molecular formula is C16H26N2. The predicted molar refractivity (Wildman–Crippen MR) is 79.1 cm³/mol. The van der Waals surface area contributed by atoms with E-state index in [0.29, 0.717) is 11.5 Å². The van der Waals surface area contributed by atoms with E-state index in [0.717, 1.165) is 12.5 Å². The van der Waals surface area contributed by atoms with Gasteiger partial charge < -0.3 is 10.2 Å². The molecule has 2 rings (SSSR count). The topological polar surface area (TPSA) is 15.3 Å². The summed E-state index contributed by atoms with van der Waals surface area (Å²) in [6.45, 7) is 5.91. The standard InChI is InChI=1S/C16H26N2/c1-16(2)11-10-13(15(16)17-3)12-18(4)14-8-6-5-7-9-14/h5-9,13,15,17H,10-12H2,1-4H3. The van der Waals surface area contributed by atoms with Crippen LogP contribution in [0, 0.1) is 11.3 Å². The molecule has 1 aliphatic carbocycles. The molecule has 0 amide bonds. The number of rotatable bonds is 4. The zero-order chi connectivity index (χ0) is 13.2. The van der Waals surface area contributed by atoms with Crippen LogP contribution in [0.5, 0.6) is 0 Å². The molecule has 0 radical (unpaired) electrons. The maximum Gasteiger partial charge on any atom is 0.0363 e. The number of anilines is 1. The molecule has 18 heavy (non-hydrogen) atoms. The lowest BCUT2D eigenvalue weighted by Crippen LogP contribution is -2.43. The number of nitrogens with zero attached hydrogens (tertiary/aromatic N) is 1. The van der Waals surface area contributed by atoms with E-state index in [2.05, 4.69) is 68.5 Å². The van der Waals surface area contributed by atoms with Crippen molar-refractivity contribution in [2.45, 2.75) is 32.7 Å². The maximum atomic E-state index is 3.53. The monoisotopic (exact) mass is 246 g/mol. The van der Waals surface area contributed by atoms with Crippen LogP contribution in [-0.2, 0) is 0 Å². The van der Waals surface area contributed by atoms with E-state index in [9.17, 15) is 0 Å². The third-order valence-electron chi connectivity index (χ3n) is 4.49. The Hall–Kier alpha value is -1.02. The molecule has 1 N–H and O–H groups in total. The molecule has 0 spiro atoms. The van der Waals surface area contributed by atoms with Crippen molar-refractivity contribution in [2.75, 3.05) is 25.5 Å². The van der Waals surface area contributed by atoms with Gasteiger partial charge in [-0.2, -0.15) is 0 Å². The molecule has 1 aromatic carbocycles. The lowest BCUT2D eigenvalue weighted by molar-refractivity contribution is 0.263. The normalized spacial score (nSPS) is 26.2. The minimum Gasteiger partial charge on any atom is -0.374 e. The first-order valence-corrected chi connectivity index (χ1v) is 6.98. The molecule has 2 nitrogen and oxygen atoms in total. The fourth-order valence-corrected chi connectivity index (χ4v) is 3.48. The molecule has 1 aromatic rings. The highest BCUT2D eigenvalue weighted by molar-refractivity contribution is 5.45. The molecule has 1 aliphatic rings. The smallest absolute Gasteiger partial charge is 0.0363 e. The third-order valence-corrected chi connectivity index (χ3v) is 4.49. The fourth-order valence-electron chi connectivity index (χ4n) is 3.48. The van der Waals surface area contributed by atoms with E-state index in [1.165, 1.54) is 18.5 Å². The molecule has 0 saturated heterocycles. The number of para-hydroxylation sites is 1. The summed E-state index contributed by atoms with van der Waals surface area (Å²) in [6, 6.07) is 11.3. The first-order chi connectivity index (χ1) is 8.54. The summed E-state index contributed by atoms with van der Waals surface area (Å²) < 4.78 is 0. The van der Waals surface area contributed by atoms with Gasteiger partial charge in [-0.05, 0) is 43.4 Å². The van der Waals surface area contributed by atoms with Crippen molar-refractivity contribution in [3.63, 3.8) is 0 Å². The van der Waals surface area contributed by atoms with Crippen molar-refractivity contribution in [3.8, 4) is 0 Å². The average molecular weight is 246 g/mol. The Morgan fingerprint density at radius 1 is 1.28 bits per heavy atom. The van der Waals surface area contributed by atoms with Gasteiger partial charge in [-0.15, -0.1) is 0 Å². The highest BCUT2D eigenvalue weighted by Crippen LogP contribution is 2.41. The predicted octanol–water partition coefficient (Wildman–Crippen LogP) is 3.15. The lowest BCUT2D eigenvalue weighted by Gasteiger charge is -2.33. The summed E-state index contributed by atoms with van der Waals surface area (Å²) in [4.78, 5) is 2.39. The number of hydrogen-bond donors (Lipinski definition) is 1. The zero-order valence-corrected chi connectivity index (χ0v) is 12.1. The van der Waals surface area contributed by atoms with Crippen molar-refractivity contribution in [1.82, 2.24) is 5.32 Å². The lowest BCUT2D eigenvalue weighted by atomic mass is 9.85. The molecular weight excluding hydrogens is 220 g/mol. The fraction of sp³-hybridized carbons (Fsp3) is 0.625. The molecule has 2 atom stereocenters. The zero-order valence-electron chi connectivity index (χ0n) is 12.1. The molecule has 0 heterocycles. The Morgan fingerprint density at radius 3 is 2.56 bits per heavy atom. The van der Waals surface area contributed by atoms with E-state index in [1.54, 1.807) is 0 Å². The molecule has 1 fully saturated rings. The van der Waals surface area contributed by atoms with Gasteiger partial charge in [-0.25, -0.2) is 0 Å². The second-order valence-corrected chi connectivity index (χ2v) is 6.27. The Balaban J connectivity index is 2.02. The Bertz CT molecular complexity index is 372. The summed E-state index contributed by atoms with van der Waals surface area (Å²) >= 11 is 0. The Labute approximate surface area is 111 Å². The second-order valence-electron chi connectivity index (χ2n) is 6.27. The SMILES string of the molecule is CNC1C(CN(C)c2ccccc2)CCC1(C)C. The van der Waals surface area contributed by atoms with Crippen LogP contribution in [0.15, 0.2) is 30.3 Å². The van der Waals surface area contributed by atoms with E-state index in [1.807, 2.05) is 0 Å². The maximum absolute atomic E-state index is 3.53. The van der Waals surface area contributed by atoms with Crippen LogP contribution >= 0.6 is 0 Å². The third kappa shape index (κ3) is 2.69. The summed E-state index contributed by atoms with van der Waals surface area (Å²) in [5.74, 6) is 0.746. The van der Waals surface area contributed by atoms with Crippen LogP contribution < -0.4 is 10.2 Å². The first kappa shape index (κ1) is 13.4. The minimum atomic E-state index is 0.428. The molecule has 2 heteroatoms. The summed E-state index contributed by atoms with van der Waals surface area (Å²) in [6.07, 6.45) is 2.65. The molecule has 100 valence electrons. The van der Waals surface area contributed by atoms with Crippen LogP contribution in [0.4, 0.5) is 5.69 Å². The van der Waals surface area contributed by atoms with Gasteiger partial charge in [0, 0.05) is 25.3 Å². The van der Waals surface area contributed by atoms with Gasteiger partial charge in [0.25, 0.3) is 0 Å². The van der Waals surface area contributed by atoms with Crippen molar-refractivity contribution in [3.05, 3.63) is 30.3 Å². The number of benzene rings is 1. The van der Waals surface area contributed by atoms with Gasteiger partial charge in [-0.3, -0.25) is 0 Å². The van der Waals surface area contributed by atoms with Gasteiger partial charge in [0.1, 0.15) is 0 Å². The summed E-state index contributed by atoms with van der Waals surface area (Å²) in [5, 5.41) is 3.53. The molecule has 2 unspecified atom stereocenters. The van der Waals surface area contributed by atoms with Crippen LogP contribution in [0.25, 0.3) is 0 Å². The van der Waals surface area contributed by atoms with Crippen molar-refractivity contribution >= 4 is 5.69 Å². The van der Waals surface area contributed by atoms with E-state index < -0.39 is 0 Å². The first-order valence-electron chi connectivity index (χ1n) is 6.98.